The number of hydrogen-bond acceptors (Lipinski definition) is 5. The van der Waals surface area contributed by atoms with Crippen LogP contribution in [0.15, 0.2) is 48.5 Å². The molecule has 1 heterocycles. The number of aryl methyl sites for hydroxylation is 2. The highest BCUT2D eigenvalue weighted by atomic mass is 16.6. The van der Waals surface area contributed by atoms with Gasteiger partial charge in [-0.2, -0.15) is 5.10 Å². The third-order valence-corrected chi connectivity index (χ3v) is 5.83. The Bertz CT molecular complexity index is 1210. The first-order chi connectivity index (χ1) is 17.0. The van der Waals surface area contributed by atoms with Crippen molar-refractivity contribution in [2.24, 2.45) is 13.0 Å². The largest absolute Gasteiger partial charge is 0.476 e. The van der Waals surface area contributed by atoms with E-state index in [1.54, 1.807) is 32.5 Å². The van der Waals surface area contributed by atoms with E-state index < -0.39 is 11.6 Å². The molecule has 0 aliphatic carbocycles. The standard InChI is InChI=1S/C29H37N3O4/c1-8-35-28(34)29(5,6)36-26-14-11-22(16-20(26)4)18-30-27(33)25-17-24(31-32(25)7)23-12-9-21(10-13-23)15-19(2)3/h9-14,16-17,19H,8,15,18H2,1-7H3,(H,30,33). The zero-order valence-corrected chi connectivity index (χ0v) is 22.3. The minimum absolute atomic E-state index is 0.200. The normalized spacial score (nSPS) is 11.4. The summed E-state index contributed by atoms with van der Waals surface area (Å²) < 4.78 is 12.6. The van der Waals surface area contributed by atoms with Crippen molar-refractivity contribution in [1.29, 1.82) is 0 Å². The molecule has 1 amide bonds. The SMILES string of the molecule is CCOC(=O)C(C)(C)Oc1ccc(CNC(=O)c2cc(-c3ccc(CC(C)C)cc3)nn2C)cc1C. The average Bonchev–Trinajstić information content (AvgIpc) is 3.21. The van der Waals surface area contributed by atoms with Crippen molar-refractivity contribution in [2.75, 3.05) is 6.61 Å². The Morgan fingerprint density at radius 3 is 2.33 bits per heavy atom. The summed E-state index contributed by atoms with van der Waals surface area (Å²) in [6, 6.07) is 15.8. The maximum Gasteiger partial charge on any atom is 0.349 e. The lowest BCUT2D eigenvalue weighted by Gasteiger charge is -2.25. The van der Waals surface area contributed by atoms with Crippen LogP contribution in [0.3, 0.4) is 0 Å². The van der Waals surface area contributed by atoms with Crippen molar-refractivity contribution >= 4 is 11.9 Å². The summed E-state index contributed by atoms with van der Waals surface area (Å²) in [6.07, 6.45) is 1.03. The number of carbonyl (C=O) groups is 2. The van der Waals surface area contributed by atoms with Gasteiger partial charge in [0.25, 0.3) is 5.91 Å². The maximum atomic E-state index is 12.9. The van der Waals surface area contributed by atoms with E-state index in [-0.39, 0.29) is 5.91 Å². The molecule has 1 aromatic heterocycles. The molecule has 0 aliphatic heterocycles. The van der Waals surface area contributed by atoms with E-state index in [4.69, 9.17) is 9.47 Å². The molecule has 2 aromatic carbocycles. The molecule has 0 fully saturated rings. The van der Waals surface area contributed by atoms with E-state index in [1.807, 2.05) is 31.2 Å². The molecule has 0 radical (unpaired) electrons. The number of amides is 1. The zero-order valence-electron chi connectivity index (χ0n) is 22.3. The second kappa shape index (κ2) is 11.4. The summed E-state index contributed by atoms with van der Waals surface area (Å²) in [5.74, 6) is 0.584. The summed E-state index contributed by atoms with van der Waals surface area (Å²) >= 11 is 0. The molecular formula is C29H37N3O4. The summed E-state index contributed by atoms with van der Waals surface area (Å²) in [5, 5.41) is 7.50. The van der Waals surface area contributed by atoms with Gasteiger partial charge in [-0.15, -0.1) is 0 Å². The Morgan fingerprint density at radius 2 is 1.72 bits per heavy atom. The van der Waals surface area contributed by atoms with Gasteiger partial charge in [0.05, 0.1) is 12.3 Å². The number of nitrogens with zero attached hydrogens (tertiary/aromatic N) is 2. The Balaban J connectivity index is 1.64. The molecule has 36 heavy (non-hydrogen) atoms. The van der Waals surface area contributed by atoms with Gasteiger partial charge >= 0.3 is 5.97 Å². The third kappa shape index (κ3) is 6.74. The zero-order chi connectivity index (χ0) is 26.5. The van der Waals surface area contributed by atoms with Crippen LogP contribution in [-0.2, 0) is 29.5 Å². The lowest BCUT2D eigenvalue weighted by atomic mass is 10.0. The summed E-state index contributed by atoms with van der Waals surface area (Å²) in [5.41, 5.74) is 4.22. The molecule has 0 atom stereocenters. The topological polar surface area (TPSA) is 82.4 Å². The number of carbonyl (C=O) groups excluding carboxylic acids is 2. The van der Waals surface area contributed by atoms with Crippen LogP contribution in [-0.4, -0.2) is 33.9 Å². The van der Waals surface area contributed by atoms with Crippen molar-refractivity contribution < 1.29 is 19.1 Å². The van der Waals surface area contributed by atoms with Crippen molar-refractivity contribution in [3.8, 4) is 17.0 Å². The fourth-order valence-electron chi connectivity index (χ4n) is 3.93. The van der Waals surface area contributed by atoms with Crippen LogP contribution in [0.25, 0.3) is 11.3 Å². The van der Waals surface area contributed by atoms with Crippen molar-refractivity contribution in [3.05, 3.63) is 70.9 Å². The van der Waals surface area contributed by atoms with Crippen molar-refractivity contribution in [3.63, 3.8) is 0 Å². The fraction of sp³-hybridized carbons (Fsp3) is 0.414. The number of benzene rings is 2. The monoisotopic (exact) mass is 491 g/mol. The van der Waals surface area contributed by atoms with Gasteiger partial charge in [0.2, 0.25) is 0 Å². The number of esters is 1. The van der Waals surface area contributed by atoms with Crippen molar-refractivity contribution in [2.45, 2.75) is 60.1 Å². The minimum Gasteiger partial charge on any atom is -0.476 e. The summed E-state index contributed by atoms with van der Waals surface area (Å²) in [4.78, 5) is 25.0. The number of nitrogens with one attached hydrogen (secondary N) is 1. The maximum absolute atomic E-state index is 12.9. The minimum atomic E-state index is -1.09. The highest BCUT2D eigenvalue weighted by Crippen LogP contribution is 2.25. The van der Waals surface area contributed by atoms with Crippen LogP contribution in [0.1, 0.15) is 61.8 Å². The van der Waals surface area contributed by atoms with E-state index in [1.165, 1.54) is 5.56 Å². The Labute approximate surface area is 213 Å². The number of rotatable bonds is 10. The number of hydrogen-bond donors (Lipinski definition) is 1. The molecule has 0 unspecified atom stereocenters. The van der Waals surface area contributed by atoms with Gasteiger partial charge in [0, 0.05) is 19.2 Å². The van der Waals surface area contributed by atoms with E-state index in [0.29, 0.717) is 30.5 Å². The predicted octanol–water partition coefficient (Wildman–Crippen LogP) is 5.24. The molecule has 3 aromatic rings. The second-order valence-corrected chi connectivity index (χ2v) is 9.95. The van der Waals surface area contributed by atoms with E-state index >= 15 is 0 Å². The number of aromatic nitrogens is 2. The fourth-order valence-corrected chi connectivity index (χ4v) is 3.93. The van der Waals surface area contributed by atoms with Crippen LogP contribution in [0.5, 0.6) is 5.75 Å². The second-order valence-electron chi connectivity index (χ2n) is 9.95. The van der Waals surface area contributed by atoms with Crippen LogP contribution in [0.2, 0.25) is 0 Å². The van der Waals surface area contributed by atoms with E-state index in [9.17, 15) is 9.59 Å². The molecule has 0 spiro atoms. The Kier molecular flexibility index (Phi) is 8.56. The first kappa shape index (κ1) is 27.0. The lowest BCUT2D eigenvalue weighted by molar-refractivity contribution is -0.158. The number of ether oxygens (including phenoxy) is 2. The first-order valence-corrected chi connectivity index (χ1v) is 12.4. The molecule has 0 bridgehead atoms. The summed E-state index contributed by atoms with van der Waals surface area (Å²) in [7, 11) is 1.77. The van der Waals surface area contributed by atoms with Crippen molar-refractivity contribution in [1.82, 2.24) is 15.1 Å². The molecule has 3 rings (SSSR count). The molecule has 7 heteroatoms. The average molecular weight is 492 g/mol. The first-order valence-electron chi connectivity index (χ1n) is 12.4. The Morgan fingerprint density at radius 1 is 1.06 bits per heavy atom. The van der Waals surface area contributed by atoms with E-state index in [0.717, 1.165) is 28.8 Å². The quantitative estimate of drug-likeness (QED) is 0.392. The molecule has 7 nitrogen and oxygen atoms in total. The van der Waals surface area contributed by atoms with Gasteiger partial charge in [0.15, 0.2) is 5.60 Å². The smallest absolute Gasteiger partial charge is 0.349 e. The van der Waals surface area contributed by atoms with Gasteiger partial charge in [-0.25, -0.2) is 4.79 Å². The van der Waals surface area contributed by atoms with Gasteiger partial charge in [-0.3, -0.25) is 9.48 Å². The lowest BCUT2D eigenvalue weighted by Crippen LogP contribution is -2.39. The molecule has 0 aliphatic rings. The van der Waals surface area contributed by atoms with Gasteiger partial charge in [0.1, 0.15) is 11.4 Å². The van der Waals surface area contributed by atoms with Gasteiger partial charge < -0.3 is 14.8 Å². The predicted molar refractivity (Wildman–Crippen MR) is 141 cm³/mol. The molecule has 0 saturated heterocycles. The highest BCUT2D eigenvalue weighted by Gasteiger charge is 2.32. The van der Waals surface area contributed by atoms with E-state index in [2.05, 4.69) is 48.5 Å². The summed E-state index contributed by atoms with van der Waals surface area (Å²) in [6.45, 7) is 12.1. The van der Waals surface area contributed by atoms with Gasteiger partial charge in [-0.1, -0.05) is 50.2 Å². The van der Waals surface area contributed by atoms with Crippen LogP contribution >= 0.6 is 0 Å². The molecule has 192 valence electrons. The molecular weight excluding hydrogens is 454 g/mol. The highest BCUT2D eigenvalue weighted by molar-refractivity contribution is 5.93. The van der Waals surface area contributed by atoms with Gasteiger partial charge in [-0.05, 0) is 68.9 Å². The Hall–Kier alpha value is -3.61. The molecule has 0 saturated carbocycles. The molecule has 1 N–H and O–H groups in total. The van der Waals surface area contributed by atoms with Crippen LogP contribution < -0.4 is 10.1 Å². The third-order valence-electron chi connectivity index (χ3n) is 5.83. The van der Waals surface area contributed by atoms with Crippen LogP contribution in [0, 0.1) is 12.8 Å². The van der Waals surface area contributed by atoms with Crippen LogP contribution in [0.4, 0.5) is 0 Å².